The zero-order chi connectivity index (χ0) is 17.7. The van der Waals surface area contributed by atoms with Crippen molar-refractivity contribution in [3.8, 4) is 0 Å². The molecule has 1 atom stereocenters. The van der Waals surface area contributed by atoms with Gasteiger partial charge in [-0.15, -0.1) is 24.0 Å². The number of furan rings is 1. The number of halogens is 2. The lowest BCUT2D eigenvalue weighted by Gasteiger charge is -2.18. The maximum absolute atomic E-state index is 10.1. The van der Waals surface area contributed by atoms with E-state index in [-0.39, 0.29) is 29.4 Å². The zero-order valence-corrected chi connectivity index (χ0v) is 18.7. The molecule has 1 aromatic heterocycles. The van der Waals surface area contributed by atoms with E-state index in [9.17, 15) is 5.11 Å². The van der Waals surface area contributed by atoms with Crippen LogP contribution in [0, 0.1) is 0 Å². The van der Waals surface area contributed by atoms with Gasteiger partial charge in [0.1, 0.15) is 11.9 Å². The predicted octanol–water partition coefficient (Wildman–Crippen LogP) is 3.98. The molecule has 2 aromatic rings. The molecule has 1 saturated carbocycles. The van der Waals surface area contributed by atoms with Crippen molar-refractivity contribution < 1.29 is 9.52 Å². The Hall–Kier alpha value is -1.06. The Morgan fingerprint density at radius 2 is 2.04 bits per heavy atom. The molecule has 1 heterocycles. The number of rotatable bonds is 7. The second kappa shape index (κ2) is 9.75. The number of benzene rings is 1. The number of aliphatic hydroxyl groups excluding tert-OH is 1. The maximum atomic E-state index is 10.1. The van der Waals surface area contributed by atoms with Crippen molar-refractivity contribution in [2.45, 2.75) is 31.3 Å². The fourth-order valence-corrected chi connectivity index (χ4v) is 3.61. The molecule has 0 saturated heterocycles. The standard InChI is InChI=1S/C19H24BrN3O2.HI/c1-2-21-18(22-12-16(24)17-8-5-11-25-17)23-13-19(9-10-19)14-6-3-4-7-15(14)20;/h3-8,11,16,24H,2,9-10,12-13H2,1H3,(H2,21,22,23);1H. The molecule has 0 spiro atoms. The Balaban J connectivity index is 0.00000243. The van der Waals surface area contributed by atoms with Crippen LogP contribution in [0.3, 0.4) is 0 Å². The number of hydrogen-bond donors (Lipinski definition) is 3. The van der Waals surface area contributed by atoms with Crippen LogP contribution in [0.25, 0.3) is 0 Å². The highest BCUT2D eigenvalue weighted by atomic mass is 127. The van der Waals surface area contributed by atoms with Crippen LogP contribution in [0.5, 0.6) is 0 Å². The minimum absolute atomic E-state index is 0. The molecule has 1 unspecified atom stereocenters. The Kier molecular flexibility index (Phi) is 7.97. The molecule has 0 aliphatic heterocycles. The first kappa shape index (κ1) is 21.2. The highest BCUT2D eigenvalue weighted by Gasteiger charge is 2.45. The largest absolute Gasteiger partial charge is 0.467 e. The lowest BCUT2D eigenvalue weighted by molar-refractivity contribution is 0.153. The summed E-state index contributed by atoms with van der Waals surface area (Å²) in [5.74, 6) is 1.27. The van der Waals surface area contributed by atoms with E-state index in [0.29, 0.717) is 18.3 Å². The lowest BCUT2D eigenvalue weighted by atomic mass is 9.96. The van der Waals surface area contributed by atoms with Crippen LogP contribution in [0.1, 0.15) is 37.2 Å². The quantitative estimate of drug-likeness (QED) is 0.286. The summed E-state index contributed by atoms with van der Waals surface area (Å²) < 4.78 is 6.37. The molecule has 3 rings (SSSR count). The number of hydrogen-bond acceptors (Lipinski definition) is 3. The van der Waals surface area contributed by atoms with E-state index in [1.807, 2.05) is 13.0 Å². The second-order valence-electron chi connectivity index (χ2n) is 6.37. The summed E-state index contributed by atoms with van der Waals surface area (Å²) in [6.45, 7) is 3.87. The Morgan fingerprint density at radius 3 is 2.65 bits per heavy atom. The molecule has 3 N–H and O–H groups in total. The molecule has 142 valence electrons. The fraction of sp³-hybridized carbons (Fsp3) is 0.421. The first-order chi connectivity index (χ1) is 12.1. The van der Waals surface area contributed by atoms with Gasteiger partial charge in [-0.05, 0) is 43.5 Å². The van der Waals surface area contributed by atoms with E-state index in [0.717, 1.165) is 30.4 Å². The molecule has 1 aliphatic rings. The van der Waals surface area contributed by atoms with Crippen molar-refractivity contribution in [3.63, 3.8) is 0 Å². The number of guanidine groups is 1. The fourth-order valence-electron chi connectivity index (χ4n) is 2.90. The summed E-state index contributed by atoms with van der Waals surface area (Å²) in [6.07, 6.45) is 3.16. The topological polar surface area (TPSA) is 69.8 Å². The number of nitrogens with zero attached hydrogens (tertiary/aromatic N) is 1. The van der Waals surface area contributed by atoms with Gasteiger partial charge in [-0.2, -0.15) is 0 Å². The van der Waals surface area contributed by atoms with Gasteiger partial charge < -0.3 is 20.2 Å². The summed E-state index contributed by atoms with van der Waals surface area (Å²) in [5.41, 5.74) is 1.45. The zero-order valence-electron chi connectivity index (χ0n) is 14.7. The monoisotopic (exact) mass is 533 g/mol. The highest BCUT2D eigenvalue weighted by molar-refractivity contribution is 14.0. The second-order valence-corrected chi connectivity index (χ2v) is 7.22. The molecule has 0 amide bonds. The van der Waals surface area contributed by atoms with Crippen LogP contribution in [-0.2, 0) is 5.41 Å². The summed E-state index contributed by atoms with van der Waals surface area (Å²) in [6, 6.07) is 11.9. The number of nitrogens with one attached hydrogen (secondary N) is 2. The molecule has 1 aliphatic carbocycles. The SMILES string of the molecule is CCNC(=NCC1(c2ccccc2Br)CC1)NCC(O)c1ccco1.I. The van der Waals surface area contributed by atoms with Gasteiger partial charge in [0.15, 0.2) is 5.96 Å². The van der Waals surface area contributed by atoms with Crippen LogP contribution in [-0.4, -0.2) is 30.7 Å². The van der Waals surface area contributed by atoms with Crippen molar-refractivity contribution in [2.75, 3.05) is 19.6 Å². The first-order valence-electron chi connectivity index (χ1n) is 8.63. The third kappa shape index (κ3) is 5.23. The van der Waals surface area contributed by atoms with E-state index >= 15 is 0 Å². The van der Waals surface area contributed by atoms with Crippen molar-refractivity contribution in [1.82, 2.24) is 10.6 Å². The van der Waals surface area contributed by atoms with E-state index in [1.54, 1.807) is 18.4 Å². The lowest BCUT2D eigenvalue weighted by Crippen LogP contribution is -2.40. The Morgan fingerprint density at radius 1 is 1.27 bits per heavy atom. The van der Waals surface area contributed by atoms with E-state index in [4.69, 9.17) is 9.41 Å². The minimum Gasteiger partial charge on any atom is -0.467 e. The number of aliphatic hydroxyl groups is 1. The third-order valence-corrected chi connectivity index (χ3v) is 5.21. The van der Waals surface area contributed by atoms with Crippen LogP contribution in [0.2, 0.25) is 0 Å². The summed E-state index contributed by atoms with van der Waals surface area (Å²) in [4.78, 5) is 4.75. The van der Waals surface area contributed by atoms with E-state index in [1.165, 1.54) is 5.56 Å². The summed E-state index contributed by atoms with van der Waals surface area (Å²) in [5, 5.41) is 16.6. The normalized spacial score (nSPS) is 16.5. The average Bonchev–Trinajstić information content (AvgIpc) is 3.19. The third-order valence-electron chi connectivity index (χ3n) is 4.52. The Bertz CT molecular complexity index is 717. The van der Waals surface area contributed by atoms with Crippen molar-refractivity contribution in [1.29, 1.82) is 0 Å². The smallest absolute Gasteiger partial charge is 0.191 e. The summed E-state index contributed by atoms with van der Waals surface area (Å²) >= 11 is 3.66. The predicted molar refractivity (Wildman–Crippen MR) is 118 cm³/mol. The van der Waals surface area contributed by atoms with E-state index < -0.39 is 6.10 Å². The minimum atomic E-state index is -0.697. The molecule has 7 heteroatoms. The summed E-state index contributed by atoms with van der Waals surface area (Å²) in [7, 11) is 0. The van der Waals surface area contributed by atoms with Gasteiger partial charge in [0.2, 0.25) is 0 Å². The van der Waals surface area contributed by atoms with Gasteiger partial charge in [-0.3, -0.25) is 4.99 Å². The molecule has 26 heavy (non-hydrogen) atoms. The van der Waals surface area contributed by atoms with Crippen molar-refractivity contribution >= 4 is 45.9 Å². The van der Waals surface area contributed by atoms with Crippen LogP contribution >= 0.6 is 39.9 Å². The highest BCUT2D eigenvalue weighted by Crippen LogP contribution is 2.50. The van der Waals surface area contributed by atoms with Gasteiger partial charge in [0.25, 0.3) is 0 Å². The van der Waals surface area contributed by atoms with Gasteiger partial charge >= 0.3 is 0 Å². The van der Waals surface area contributed by atoms with Gasteiger partial charge in [-0.1, -0.05) is 34.1 Å². The molecule has 1 fully saturated rings. The van der Waals surface area contributed by atoms with Gasteiger partial charge in [0, 0.05) is 16.4 Å². The molecule has 0 bridgehead atoms. The van der Waals surface area contributed by atoms with Crippen LogP contribution in [0.15, 0.2) is 56.5 Å². The molecule has 0 radical (unpaired) electrons. The molecule has 5 nitrogen and oxygen atoms in total. The van der Waals surface area contributed by atoms with E-state index in [2.05, 4.69) is 44.8 Å². The van der Waals surface area contributed by atoms with Gasteiger partial charge in [0.05, 0.1) is 19.4 Å². The van der Waals surface area contributed by atoms with Gasteiger partial charge in [-0.25, -0.2) is 0 Å². The number of aliphatic imine (C=N–C) groups is 1. The van der Waals surface area contributed by atoms with Crippen molar-refractivity contribution in [3.05, 3.63) is 58.5 Å². The molecular formula is C19H25BrIN3O2. The van der Waals surface area contributed by atoms with Crippen molar-refractivity contribution in [2.24, 2.45) is 4.99 Å². The molecular weight excluding hydrogens is 509 g/mol. The average molecular weight is 534 g/mol. The van der Waals surface area contributed by atoms with Crippen LogP contribution < -0.4 is 10.6 Å². The Labute approximate surface area is 179 Å². The maximum Gasteiger partial charge on any atom is 0.191 e. The molecule has 1 aromatic carbocycles. The van der Waals surface area contributed by atoms with Crippen LogP contribution in [0.4, 0.5) is 0 Å². The first-order valence-corrected chi connectivity index (χ1v) is 9.42.